The summed E-state index contributed by atoms with van der Waals surface area (Å²) in [5, 5.41) is 2.63. The van der Waals surface area contributed by atoms with E-state index in [0.717, 1.165) is 25.1 Å². The van der Waals surface area contributed by atoms with Crippen molar-refractivity contribution in [2.75, 3.05) is 16.8 Å². The van der Waals surface area contributed by atoms with E-state index in [9.17, 15) is 18.0 Å². The molecule has 2 aromatic carbocycles. The fourth-order valence-electron chi connectivity index (χ4n) is 3.37. The third-order valence-electron chi connectivity index (χ3n) is 4.93. The zero-order valence-corrected chi connectivity index (χ0v) is 15.4. The summed E-state index contributed by atoms with van der Waals surface area (Å²) >= 11 is 0. The molecule has 1 aliphatic heterocycles. The number of nitrogens with one attached hydrogen (secondary N) is 1. The van der Waals surface area contributed by atoms with Gasteiger partial charge in [-0.3, -0.25) is 4.79 Å². The van der Waals surface area contributed by atoms with Crippen LogP contribution in [0, 0.1) is 0 Å². The lowest BCUT2D eigenvalue weighted by molar-refractivity contribution is -0.137. The van der Waals surface area contributed by atoms with E-state index in [-0.39, 0.29) is 0 Å². The van der Waals surface area contributed by atoms with Crippen molar-refractivity contribution in [3.8, 4) is 0 Å². The summed E-state index contributed by atoms with van der Waals surface area (Å²) in [6.07, 6.45) is -1.94. The molecular weight excluding hydrogens is 379 g/mol. The second kappa shape index (κ2) is 7.58. The van der Waals surface area contributed by atoms with Crippen molar-refractivity contribution in [3.63, 3.8) is 0 Å². The van der Waals surface area contributed by atoms with Gasteiger partial charge in [0.15, 0.2) is 0 Å². The Morgan fingerprint density at radius 3 is 2.45 bits per heavy atom. The molecule has 0 radical (unpaired) electrons. The number of pyridine rings is 1. The van der Waals surface area contributed by atoms with Crippen molar-refractivity contribution in [1.29, 1.82) is 0 Å². The number of alkyl halides is 3. The molecule has 1 aromatic heterocycles. The molecule has 1 N–H and O–H groups in total. The minimum atomic E-state index is -4.41. The molecule has 4 rings (SSSR count). The second-order valence-corrected chi connectivity index (χ2v) is 6.87. The molecule has 0 unspecified atom stereocenters. The van der Waals surface area contributed by atoms with Crippen molar-refractivity contribution in [2.45, 2.75) is 19.1 Å². The third-order valence-corrected chi connectivity index (χ3v) is 4.93. The highest BCUT2D eigenvalue weighted by Crippen LogP contribution is 2.30. The van der Waals surface area contributed by atoms with Crippen molar-refractivity contribution < 1.29 is 18.0 Å². The standard InChI is InChI=1S/C22H18F3N3O/c23-22(24,25)18-5-7-19(8-6-18)27-21(29)16-9-11-26-20(13-16)28-12-10-15-3-1-2-4-17(15)14-28/h1-9,11,13H,10,12,14H2,(H,27,29). The maximum Gasteiger partial charge on any atom is 0.416 e. The van der Waals surface area contributed by atoms with Gasteiger partial charge in [-0.05, 0) is 53.9 Å². The second-order valence-electron chi connectivity index (χ2n) is 6.87. The van der Waals surface area contributed by atoms with Gasteiger partial charge < -0.3 is 10.2 Å². The SMILES string of the molecule is O=C(Nc1ccc(C(F)(F)F)cc1)c1ccnc(N2CCc3ccccc3C2)c1. The molecule has 29 heavy (non-hydrogen) atoms. The summed E-state index contributed by atoms with van der Waals surface area (Å²) in [5.74, 6) is 0.297. The van der Waals surface area contributed by atoms with Crippen LogP contribution in [0.25, 0.3) is 0 Å². The van der Waals surface area contributed by atoms with Gasteiger partial charge in [0, 0.05) is 30.5 Å². The number of carbonyl (C=O) groups excluding carboxylic acids is 1. The van der Waals surface area contributed by atoms with Crippen LogP contribution in [0.2, 0.25) is 0 Å². The van der Waals surface area contributed by atoms with Crippen LogP contribution in [0.15, 0.2) is 66.9 Å². The summed E-state index contributed by atoms with van der Waals surface area (Å²) in [6.45, 7) is 1.52. The molecule has 0 fully saturated rings. The molecule has 4 nitrogen and oxygen atoms in total. The van der Waals surface area contributed by atoms with Gasteiger partial charge >= 0.3 is 6.18 Å². The first-order valence-corrected chi connectivity index (χ1v) is 9.16. The van der Waals surface area contributed by atoms with Crippen LogP contribution < -0.4 is 10.2 Å². The van der Waals surface area contributed by atoms with Gasteiger partial charge in [0.1, 0.15) is 5.82 Å². The van der Waals surface area contributed by atoms with E-state index in [4.69, 9.17) is 0 Å². The fraction of sp³-hybridized carbons (Fsp3) is 0.182. The molecule has 0 bridgehead atoms. The van der Waals surface area contributed by atoms with Crippen LogP contribution in [0.1, 0.15) is 27.0 Å². The predicted molar refractivity (Wildman–Crippen MR) is 105 cm³/mol. The van der Waals surface area contributed by atoms with Gasteiger partial charge in [-0.25, -0.2) is 4.98 Å². The number of fused-ring (bicyclic) bond motifs is 1. The first-order chi connectivity index (χ1) is 13.9. The summed E-state index contributed by atoms with van der Waals surface area (Å²) < 4.78 is 38.0. The minimum Gasteiger partial charge on any atom is -0.352 e. The largest absolute Gasteiger partial charge is 0.416 e. The number of carbonyl (C=O) groups is 1. The highest BCUT2D eigenvalue weighted by molar-refractivity contribution is 6.04. The van der Waals surface area contributed by atoms with Gasteiger partial charge in [-0.1, -0.05) is 24.3 Å². The molecule has 3 aromatic rings. The molecule has 2 heterocycles. The number of anilines is 2. The molecule has 0 spiro atoms. The molecule has 7 heteroatoms. The molecule has 1 amide bonds. The number of halogens is 3. The van der Waals surface area contributed by atoms with Crippen molar-refractivity contribution >= 4 is 17.4 Å². The van der Waals surface area contributed by atoms with Gasteiger partial charge in [0.25, 0.3) is 5.91 Å². The first kappa shape index (κ1) is 19.0. The lowest BCUT2D eigenvalue weighted by Crippen LogP contribution is -2.31. The van der Waals surface area contributed by atoms with Gasteiger partial charge in [-0.15, -0.1) is 0 Å². The Morgan fingerprint density at radius 2 is 1.72 bits per heavy atom. The van der Waals surface area contributed by atoms with E-state index in [0.29, 0.717) is 23.6 Å². The first-order valence-electron chi connectivity index (χ1n) is 9.16. The number of aromatic nitrogens is 1. The fourth-order valence-corrected chi connectivity index (χ4v) is 3.37. The third kappa shape index (κ3) is 4.23. The number of rotatable bonds is 3. The summed E-state index contributed by atoms with van der Waals surface area (Å²) in [5.41, 5.74) is 2.49. The Hall–Kier alpha value is -3.35. The maximum absolute atomic E-state index is 12.7. The van der Waals surface area contributed by atoms with Crippen molar-refractivity contribution in [1.82, 2.24) is 4.98 Å². The van der Waals surface area contributed by atoms with Crippen LogP contribution in [-0.4, -0.2) is 17.4 Å². The zero-order valence-electron chi connectivity index (χ0n) is 15.4. The molecule has 1 aliphatic rings. The van der Waals surface area contributed by atoms with E-state index in [2.05, 4.69) is 27.3 Å². The van der Waals surface area contributed by atoms with Crippen molar-refractivity contribution in [3.05, 3.63) is 89.1 Å². The highest BCUT2D eigenvalue weighted by atomic mass is 19.4. The topological polar surface area (TPSA) is 45.2 Å². The Labute approximate surface area is 166 Å². The van der Waals surface area contributed by atoms with Crippen LogP contribution in [-0.2, 0) is 19.1 Å². The Morgan fingerprint density at radius 1 is 1.00 bits per heavy atom. The van der Waals surface area contributed by atoms with Crippen LogP contribution >= 0.6 is 0 Å². The average Bonchev–Trinajstić information content (AvgIpc) is 2.73. The van der Waals surface area contributed by atoms with Crippen LogP contribution in [0.4, 0.5) is 24.7 Å². The van der Waals surface area contributed by atoms with E-state index < -0.39 is 17.6 Å². The van der Waals surface area contributed by atoms with Crippen LogP contribution in [0.5, 0.6) is 0 Å². The smallest absolute Gasteiger partial charge is 0.352 e. The number of hydrogen-bond acceptors (Lipinski definition) is 3. The normalized spacial score (nSPS) is 13.7. The predicted octanol–water partition coefficient (Wildman–Crippen LogP) is 4.92. The lowest BCUT2D eigenvalue weighted by atomic mass is 10.00. The molecule has 0 saturated carbocycles. The summed E-state index contributed by atoms with van der Waals surface area (Å²) in [7, 11) is 0. The molecule has 0 aliphatic carbocycles. The van der Waals surface area contributed by atoms with Crippen molar-refractivity contribution in [2.24, 2.45) is 0 Å². The highest BCUT2D eigenvalue weighted by Gasteiger charge is 2.30. The minimum absolute atomic E-state index is 0.299. The lowest BCUT2D eigenvalue weighted by Gasteiger charge is -2.29. The Kier molecular flexibility index (Phi) is 4.96. The molecular formula is C22H18F3N3O. The van der Waals surface area contributed by atoms with E-state index in [1.807, 2.05) is 12.1 Å². The Balaban J connectivity index is 1.48. The summed E-state index contributed by atoms with van der Waals surface area (Å²) in [6, 6.07) is 15.9. The zero-order chi connectivity index (χ0) is 20.4. The monoisotopic (exact) mass is 397 g/mol. The van der Waals surface area contributed by atoms with Gasteiger partial charge in [0.2, 0.25) is 0 Å². The quantitative estimate of drug-likeness (QED) is 0.683. The van der Waals surface area contributed by atoms with Gasteiger partial charge in [0.05, 0.1) is 5.56 Å². The number of benzene rings is 2. The number of hydrogen-bond donors (Lipinski definition) is 1. The molecule has 148 valence electrons. The van der Waals surface area contributed by atoms with Gasteiger partial charge in [-0.2, -0.15) is 13.2 Å². The average molecular weight is 397 g/mol. The van der Waals surface area contributed by atoms with E-state index in [1.54, 1.807) is 18.3 Å². The summed E-state index contributed by atoms with van der Waals surface area (Å²) in [4.78, 5) is 19.0. The van der Waals surface area contributed by atoms with E-state index >= 15 is 0 Å². The molecule has 0 saturated heterocycles. The maximum atomic E-state index is 12.7. The van der Waals surface area contributed by atoms with E-state index in [1.165, 1.54) is 23.3 Å². The number of nitrogens with zero attached hydrogens (tertiary/aromatic N) is 2. The number of amides is 1. The molecule has 0 atom stereocenters. The van der Waals surface area contributed by atoms with Crippen LogP contribution in [0.3, 0.4) is 0 Å². The Bertz CT molecular complexity index is 1030.